The van der Waals surface area contributed by atoms with Crippen LogP contribution in [-0.4, -0.2) is 0 Å². The van der Waals surface area contributed by atoms with Crippen molar-refractivity contribution in [1.29, 1.82) is 0 Å². The van der Waals surface area contributed by atoms with Gasteiger partial charge in [-0.1, -0.05) is 44.2 Å². The van der Waals surface area contributed by atoms with Gasteiger partial charge in [-0.3, -0.25) is 0 Å². The summed E-state index contributed by atoms with van der Waals surface area (Å²) >= 11 is 0. The van der Waals surface area contributed by atoms with Gasteiger partial charge in [0.2, 0.25) is 0 Å². The average Bonchev–Trinajstić information content (AvgIpc) is 2.21. The van der Waals surface area contributed by atoms with Gasteiger partial charge in [-0.25, -0.2) is 0 Å². The fourth-order valence-electron chi connectivity index (χ4n) is 1.57. The molecule has 0 heteroatoms. The Labute approximate surface area is 82.0 Å². The molecule has 0 bridgehead atoms. The van der Waals surface area contributed by atoms with Gasteiger partial charge in [-0.05, 0) is 37.2 Å². The highest BCUT2D eigenvalue weighted by molar-refractivity contribution is 5.15. The highest BCUT2D eigenvalue weighted by Gasteiger charge is 2.03. The van der Waals surface area contributed by atoms with Crippen LogP contribution in [0.15, 0.2) is 30.3 Å². The Morgan fingerprint density at radius 3 is 2.15 bits per heavy atom. The Morgan fingerprint density at radius 2 is 1.62 bits per heavy atom. The minimum absolute atomic E-state index is 1.21. The zero-order valence-electron chi connectivity index (χ0n) is 8.72. The second-order valence-corrected chi connectivity index (χ2v) is 3.44. The lowest BCUT2D eigenvalue weighted by molar-refractivity contribution is 0.700. The number of benzene rings is 1. The zero-order chi connectivity index (χ0) is 9.52. The van der Waals surface area contributed by atoms with Crippen LogP contribution >= 0.6 is 0 Å². The Kier molecular flexibility index (Phi) is 4.59. The first-order valence-corrected chi connectivity index (χ1v) is 5.24. The summed E-state index contributed by atoms with van der Waals surface area (Å²) in [5.74, 6) is 1.68. The molecule has 0 spiro atoms. The number of hydrogen-bond donors (Lipinski definition) is 0. The van der Waals surface area contributed by atoms with Gasteiger partial charge in [0.15, 0.2) is 0 Å². The Morgan fingerprint density at radius 1 is 1.00 bits per heavy atom. The molecule has 1 aromatic rings. The number of aryl methyl sites for hydroxylation is 1. The van der Waals surface area contributed by atoms with Crippen LogP contribution in [0, 0.1) is 5.92 Å². The van der Waals surface area contributed by atoms with Gasteiger partial charge in [0.1, 0.15) is 0 Å². The van der Waals surface area contributed by atoms with E-state index in [0.29, 0.717) is 0 Å². The fraction of sp³-hybridized carbons (Fsp3) is 0.462. The molecule has 1 aromatic carbocycles. The Bertz CT molecular complexity index is 209. The van der Waals surface area contributed by atoms with Crippen molar-refractivity contribution in [2.45, 2.75) is 39.5 Å². The first-order valence-electron chi connectivity index (χ1n) is 5.24. The molecular formula is C13H19. The summed E-state index contributed by atoms with van der Waals surface area (Å²) in [6, 6.07) is 10.7. The summed E-state index contributed by atoms with van der Waals surface area (Å²) in [6.07, 6.45) is 4.95. The lowest BCUT2D eigenvalue weighted by Gasteiger charge is -2.10. The first kappa shape index (κ1) is 10.3. The Hall–Kier alpha value is -0.780. The monoisotopic (exact) mass is 175 g/mol. The van der Waals surface area contributed by atoms with E-state index in [4.69, 9.17) is 0 Å². The topological polar surface area (TPSA) is 0 Å². The molecule has 1 rings (SSSR count). The minimum Gasteiger partial charge on any atom is -0.0648 e. The van der Waals surface area contributed by atoms with Crippen LogP contribution in [0.1, 0.15) is 38.7 Å². The summed E-state index contributed by atoms with van der Waals surface area (Å²) in [5, 5.41) is 0. The third-order valence-corrected chi connectivity index (χ3v) is 2.61. The molecule has 0 unspecified atom stereocenters. The molecule has 0 aliphatic carbocycles. The second-order valence-electron chi connectivity index (χ2n) is 3.44. The summed E-state index contributed by atoms with van der Waals surface area (Å²) in [5.41, 5.74) is 1.46. The molecule has 13 heavy (non-hydrogen) atoms. The molecule has 0 fully saturated rings. The fourth-order valence-corrected chi connectivity index (χ4v) is 1.57. The van der Waals surface area contributed by atoms with E-state index >= 15 is 0 Å². The van der Waals surface area contributed by atoms with Gasteiger partial charge in [-0.15, -0.1) is 0 Å². The van der Waals surface area contributed by atoms with Gasteiger partial charge in [0.05, 0.1) is 0 Å². The molecule has 0 saturated carbocycles. The Balaban J connectivity index is 2.34. The zero-order valence-corrected chi connectivity index (χ0v) is 8.72. The summed E-state index contributed by atoms with van der Waals surface area (Å²) in [7, 11) is 0. The van der Waals surface area contributed by atoms with E-state index < -0.39 is 0 Å². The van der Waals surface area contributed by atoms with Crippen molar-refractivity contribution in [3.05, 3.63) is 41.8 Å². The van der Waals surface area contributed by atoms with E-state index in [2.05, 4.69) is 44.2 Å². The maximum absolute atomic E-state index is 2.25. The van der Waals surface area contributed by atoms with Crippen LogP contribution in [0.2, 0.25) is 0 Å². The molecule has 0 aliphatic rings. The van der Waals surface area contributed by atoms with Crippen molar-refractivity contribution >= 4 is 0 Å². The van der Waals surface area contributed by atoms with Crippen LogP contribution in [0.3, 0.4) is 0 Å². The standard InChI is InChI=1S/C13H19/c1-3-12(4-2)10-11-13-8-6-5-7-9-13/h5-9H,3-4,10-11H2,1-2H3. The molecule has 1 radical (unpaired) electrons. The molecule has 0 amide bonds. The van der Waals surface area contributed by atoms with Crippen LogP contribution in [-0.2, 0) is 6.42 Å². The van der Waals surface area contributed by atoms with E-state index in [9.17, 15) is 0 Å². The molecule has 0 saturated heterocycles. The molecule has 0 aromatic heterocycles. The van der Waals surface area contributed by atoms with Crippen LogP contribution < -0.4 is 0 Å². The van der Waals surface area contributed by atoms with E-state index in [1.54, 1.807) is 5.92 Å². The minimum atomic E-state index is 1.21. The van der Waals surface area contributed by atoms with E-state index in [1.807, 2.05) is 0 Å². The SMILES string of the molecule is CC[C](CC)CCc1ccccc1. The van der Waals surface area contributed by atoms with Crippen molar-refractivity contribution in [2.24, 2.45) is 0 Å². The molecule has 0 nitrogen and oxygen atoms in total. The van der Waals surface area contributed by atoms with Crippen molar-refractivity contribution < 1.29 is 0 Å². The average molecular weight is 175 g/mol. The molecule has 71 valence electrons. The third-order valence-electron chi connectivity index (χ3n) is 2.61. The smallest absolute Gasteiger partial charge is 0.0243 e. The summed E-state index contributed by atoms with van der Waals surface area (Å²) < 4.78 is 0. The lowest BCUT2D eigenvalue weighted by Crippen LogP contribution is -1.96. The largest absolute Gasteiger partial charge is 0.0648 e. The maximum Gasteiger partial charge on any atom is -0.0243 e. The van der Waals surface area contributed by atoms with Crippen LogP contribution in [0.5, 0.6) is 0 Å². The predicted octanol–water partition coefficient (Wildman–Crippen LogP) is 4.01. The first-order chi connectivity index (χ1) is 6.36. The highest BCUT2D eigenvalue weighted by Crippen LogP contribution is 2.17. The molecule has 0 N–H and O–H groups in total. The highest BCUT2D eigenvalue weighted by atomic mass is 14.1. The molecule has 0 atom stereocenters. The normalized spacial score (nSPS) is 10.7. The third kappa shape index (κ3) is 3.63. The molecular weight excluding hydrogens is 156 g/mol. The van der Waals surface area contributed by atoms with Crippen LogP contribution in [0.4, 0.5) is 0 Å². The van der Waals surface area contributed by atoms with E-state index in [-0.39, 0.29) is 0 Å². The van der Waals surface area contributed by atoms with Gasteiger partial charge in [-0.2, -0.15) is 0 Å². The maximum atomic E-state index is 2.25. The quantitative estimate of drug-likeness (QED) is 0.634. The van der Waals surface area contributed by atoms with Gasteiger partial charge < -0.3 is 0 Å². The number of hydrogen-bond acceptors (Lipinski definition) is 0. The van der Waals surface area contributed by atoms with Crippen molar-refractivity contribution in [3.8, 4) is 0 Å². The second kappa shape index (κ2) is 5.80. The van der Waals surface area contributed by atoms with Crippen molar-refractivity contribution in [1.82, 2.24) is 0 Å². The van der Waals surface area contributed by atoms with Crippen molar-refractivity contribution in [2.75, 3.05) is 0 Å². The van der Waals surface area contributed by atoms with E-state index in [1.165, 1.54) is 31.2 Å². The van der Waals surface area contributed by atoms with Gasteiger partial charge in [0, 0.05) is 0 Å². The lowest BCUT2D eigenvalue weighted by atomic mass is 9.95. The van der Waals surface area contributed by atoms with E-state index in [0.717, 1.165) is 0 Å². The van der Waals surface area contributed by atoms with Gasteiger partial charge in [0.25, 0.3) is 0 Å². The predicted molar refractivity (Wildman–Crippen MR) is 58.6 cm³/mol. The van der Waals surface area contributed by atoms with Crippen molar-refractivity contribution in [3.63, 3.8) is 0 Å². The van der Waals surface area contributed by atoms with Crippen LogP contribution in [0.25, 0.3) is 0 Å². The number of rotatable bonds is 5. The summed E-state index contributed by atoms with van der Waals surface area (Å²) in [6.45, 7) is 4.51. The molecule has 0 aliphatic heterocycles. The summed E-state index contributed by atoms with van der Waals surface area (Å²) in [4.78, 5) is 0. The molecule has 0 heterocycles. The van der Waals surface area contributed by atoms with Gasteiger partial charge >= 0.3 is 0 Å².